The third-order valence-electron chi connectivity index (χ3n) is 6.87. The van der Waals surface area contributed by atoms with Gasteiger partial charge in [0.15, 0.2) is 0 Å². The summed E-state index contributed by atoms with van der Waals surface area (Å²) in [6.45, 7) is 1.26. The van der Waals surface area contributed by atoms with Crippen molar-refractivity contribution in [1.29, 1.82) is 0 Å². The van der Waals surface area contributed by atoms with Gasteiger partial charge in [-0.25, -0.2) is 14.5 Å². The SMILES string of the molecule is O=C(Nc1cnn(C2CCCCO2)c1)c1cc(COc2ccccc2Cl)ccn1.O=C(O)c1cc(COc2ccccc2Cl)ccn1. The lowest BCUT2D eigenvalue weighted by Gasteiger charge is -2.22. The van der Waals surface area contributed by atoms with Gasteiger partial charge in [-0.05, 0) is 78.9 Å². The number of anilines is 1. The number of hydrogen-bond donors (Lipinski definition) is 2. The number of benzene rings is 2. The maximum absolute atomic E-state index is 12.6. The van der Waals surface area contributed by atoms with Gasteiger partial charge in [-0.3, -0.25) is 9.78 Å². The molecule has 1 saturated heterocycles. The van der Waals surface area contributed by atoms with Gasteiger partial charge in [0.1, 0.15) is 42.3 Å². The molecule has 1 unspecified atom stereocenters. The van der Waals surface area contributed by atoms with E-state index in [1.807, 2.05) is 24.3 Å². The Kier molecular flexibility index (Phi) is 11.8. The topological polar surface area (TPSA) is 138 Å². The normalized spacial score (nSPS) is 14.0. The number of para-hydroxylation sites is 2. The molecule has 13 heteroatoms. The van der Waals surface area contributed by atoms with Crippen LogP contribution in [0.4, 0.5) is 5.69 Å². The zero-order valence-corrected chi connectivity index (χ0v) is 26.6. The zero-order valence-electron chi connectivity index (χ0n) is 25.1. The first-order chi connectivity index (χ1) is 22.9. The van der Waals surface area contributed by atoms with Gasteiger partial charge in [0, 0.05) is 19.0 Å². The van der Waals surface area contributed by atoms with Crippen molar-refractivity contribution in [1.82, 2.24) is 19.7 Å². The number of hydrogen-bond acceptors (Lipinski definition) is 8. The second-order valence-electron chi connectivity index (χ2n) is 10.3. The summed E-state index contributed by atoms with van der Waals surface area (Å²) >= 11 is 12.0. The summed E-state index contributed by atoms with van der Waals surface area (Å²) in [7, 11) is 0. The molecule has 2 aromatic carbocycles. The van der Waals surface area contributed by atoms with Crippen molar-refractivity contribution in [2.24, 2.45) is 0 Å². The number of nitrogens with zero attached hydrogens (tertiary/aromatic N) is 4. The molecule has 2 N–H and O–H groups in total. The second-order valence-corrected chi connectivity index (χ2v) is 11.1. The summed E-state index contributed by atoms with van der Waals surface area (Å²) < 4.78 is 18.7. The quantitative estimate of drug-likeness (QED) is 0.154. The lowest BCUT2D eigenvalue weighted by atomic mass is 10.2. The number of carboxylic acid groups (broad SMARTS) is 1. The summed E-state index contributed by atoms with van der Waals surface area (Å²) in [5, 5.41) is 17.0. The van der Waals surface area contributed by atoms with Gasteiger partial charge in [-0.1, -0.05) is 47.5 Å². The molecule has 0 radical (unpaired) electrons. The van der Waals surface area contributed by atoms with E-state index in [-0.39, 0.29) is 31.0 Å². The molecule has 5 aromatic rings. The molecule has 1 aliphatic heterocycles. The minimum Gasteiger partial charge on any atom is -0.487 e. The van der Waals surface area contributed by atoms with E-state index < -0.39 is 5.97 Å². The van der Waals surface area contributed by atoms with E-state index in [0.29, 0.717) is 32.9 Å². The van der Waals surface area contributed by atoms with E-state index >= 15 is 0 Å². The molecule has 4 heterocycles. The van der Waals surface area contributed by atoms with Gasteiger partial charge >= 0.3 is 5.97 Å². The van der Waals surface area contributed by atoms with Gasteiger partial charge in [0.25, 0.3) is 5.91 Å². The lowest BCUT2D eigenvalue weighted by Crippen LogP contribution is -2.18. The van der Waals surface area contributed by atoms with E-state index in [1.165, 1.54) is 12.3 Å². The van der Waals surface area contributed by atoms with E-state index in [4.69, 9.17) is 42.5 Å². The Morgan fingerprint density at radius 3 is 2.04 bits per heavy atom. The fraction of sp³-hybridized carbons (Fsp3) is 0.206. The molecule has 0 saturated carbocycles. The largest absolute Gasteiger partial charge is 0.487 e. The van der Waals surface area contributed by atoms with Crippen molar-refractivity contribution in [3.8, 4) is 11.5 Å². The molecule has 1 amide bonds. The lowest BCUT2D eigenvalue weighted by molar-refractivity contribution is -0.0394. The predicted octanol–water partition coefficient (Wildman–Crippen LogP) is 7.47. The standard InChI is InChI=1S/C21H21ClN4O3.C13H10ClNO3/c22-17-5-1-2-6-19(17)29-14-15-8-9-23-18(11-15)21(27)25-16-12-24-26(13-16)20-7-3-4-10-28-20;14-10-3-1-2-4-12(10)18-8-9-5-6-15-11(7-9)13(16)17/h1-2,5-6,8-9,11-13,20H,3-4,7,10,14H2,(H,25,27);1-7H,8H2,(H,16,17). The highest BCUT2D eigenvalue weighted by Crippen LogP contribution is 2.26. The molecule has 0 aliphatic carbocycles. The number of carbonyl (C=O) groups is 2. The van der Waals surface area contributed by atoms with Crippen LogP contribution in [0.25, 0.3) is 0 Å². The molecule has 47 heavy (non-hydrogen) atoms. The summed E-state index contributed by atoms with van der Waals surface area (Å²) in [6.07, 6.45) is 9.44. The van der Waals surface area contributed by atoms with Crippen LogP contribution in [-0.2, 0) is 18.0 Å². The number of amides is 1. The first-order valence-corrected chi connectivity index (χ1v) is 15.5. The van der Waals surface area contributed by atoms with E-state index in [2.05, 4.69) is 20.4 Å². The summed E-state index contributed by atoms with van der Waals surface area (Å²) in [5.41, 5.74) is 2.43. The molecule has 6 rings (SSSR count). The van der Waals surface area contributed by atoms with Gasteiger partial charge < -0.3 is 24.6 Å². The first kappa shape index (κ1) is 33.4. The Labute approximate surface area is 281 Å². The highest BCUT2D eigenvalue weighted by atomic mass is 35.5. The minimum atomic E-state index is -1.06. The summed E-state index contributed by atoms with van der Waals surface area (Å²) in [5.74, 6) is -0.217. The number of ether oxygens (including phenoxy) is 3. The van der Waals surface area contributed by atoms with Crippen molar-refractivity contribution < 1.29 is 28.9 Å². The first-order valence-electron chi connectivity index (χ1n) is 14.7. The number of carboxylic acids is 1. The molecule has 0 spiro atoms. The number of aromatic carboxylic acids is 1. The van der Waals surface area contributed by atoms with Crippen LogP contribution in [0.5, 0.6) is 11.5 Å². The van der Waals surface area contributed by atoms with Crippen molar-refractivity contribution in [2.45, 2.75) is 38.7 Å². The smallest absolute Gasteiger partial charge is 0.354 e. The van der Waals surface area contributed by atoms with Crippen LogP contribution in [0.3, 0.4) is 0 Å². The Bertz CT molecular complexity index is 1810. The van der Waals surface area contributed by atoms with E-state index in [9.17, 15) is 9.59 Å². The van der Waals surface area contributed by atoms with Crippen LogP contribution < -0.4 is 14.8 Å². The van der Waals surface area contributed by atoms with E-state index in [1.54, 1.807) is 65.7 Å². The van der Waals surface area contributed by atoms with Crippen molar-refractivity contribution in [3.05, 3.63) is 130 Å². The van der Waals surface area contributed by atoms with Crippen LogP contribution in [0.2, 0.25) is 10.0 Å². The number of aromatic nitrogens is 4. The monoisotopic (exact) mass is 675 g/mol. The average molecular weight is 677 g/mol. The number of nitrogens with one attached hydrogen (secondary N) is 1. The molecule has 11 nitrogen and oxygen atoms in total. The van der Waals surface area contributed by atoms with Gasteiger partial charge in [0.2, 0.25) is 0 Å². The third kappa shape index (κ3) is 9.76. The molecular formula is C34H31Cl2N5O6. The van der Waals surface area contributed by atoms with Crippen LogP contribution in [0, 0.1) is 0 Å². The van der Waals surface area contributed by atoms with E-state index in [0.717, 1.165) is 37.0 Å². The van der Waals surface area contributed by atoms with Crippen molar-refractivity contribution in [2.75, 3.05) is 11.9 Å². The fourth-order valence-electron chi connectivity index (χ4n) is 4.50. The van der Waals surface area contributed by atoms with Crippen LogP contribution >= 0.6 is 23.2 Å². The minimum absolute atomic E-state index is 0.00439. The van der Waals surface area contributed by atoms with Crippen molar-refractivity contribution in [3.63, 3.8) is 0 Å². The van der Waals surface area contributed by atoms with Crippen molar-refractivity contribution >= 4 is 40.8 Å². The molecule has 1 fully saturated rings. The Morgan fingerprint density at radius 2 is 1.47 bits per heavy atom. The molecular weight excluding hydrogens is 645 g/mol. The summed E-state index contributed by atoms with van der Waals surface area (Å²) in [6, 6.07) is 21.0. The fourth-order valence-corrected chi connectivity index (χ4v) is 4.88. The highest BCUT2D eigenvalue weighted by molar-refractivity contribution is 6.32. The van der Waals surface area contributed by atoms with Crippen LogP contribution in [0.1, 0.15) is 57.6 Å². The molecule has 1 aliphatic rings. The van der Waals surface area contributed by atoms with Crippen LogP contribution in [-0.4, -0.2) is 43.3 Å². The molecule has 1 atom stereocenters. The van der Waals surface area contributed by atoms with Gasteiger partial charge in [-0.15, -0.1) is 0 Å². The van der Waals surface area contributed by atoms with Crippen LogP contribution in [0.15, 0.2) is 97.6 Å². The van der Waals surface area contributed by atoms with Gasteiger partial charge in [-0.2, -0.15) is 5.10 Å². The number of pyridine rings is 2. The number of rotatable bonds is 10. The average Bonchev–Trinajstić information content (AvgIpc) is 3.57. The summed E-state index contributed by atoms with van der Waals surface area (Å²) in [4.78, 5) is 31.2. The Morgan fingerprint density at radius 1 is 0.872 bits per heavy atom. The molecule has 3 aromatic heterocycles. The Balaban J connectivity index is 0.000000207. The zero-order chi connectivity index (χ0) is 33.0. The molecule has 0 bridgehead atoms. The second kappa shape index (κ2) is 16.5. The molecule has 242 valence electrons. The maximum atomic E-state index is 12.6. The third-order valence-corrected chi connectivity index (χ3v) is 7.50. The number of halogens is 2. The highest BCUT2D eigenvalue weighted by Gasteiger charge is 2.17. The number of carbonyl (C=O) groups excluding carboxylic acids is 1. The predicted molar refractivity (Wildman–Crippen MR) is 176 cm³/mol. The van der Waals surface area contributed by atoms with Gasteiger partial charge in [0.05, 0.1) is 28.1 Å². The Hall–Kier alpha value is -4.97. The maximum Gasteiger partial charge on any atom is 0.354 e.